The van der Waals surface area contributed by atoms with E-state index < -0.39 is 9.84 Å². The van der Waals surface area contributed by atoms with Crippen LogP contribution >= 0.6 is 15.9 Å². The zero-order valence-corrected chi connectivity index (χ0v) is 16.7. The molecule has 3 aromatic rings. The Labute approximate surface area is 166 Å². The summed E-state index contributed by atoms with van der Waals surface area (Å²) < 4.78 is 29.9. The first kappa shape index (κ1) is 19.1. The lowest BCUT2D eigenvalue weighted by Gasteiger charge is -2.09. The highest BCUT2D eigenvalue weighted by molar-refractivity contribution is 9.10. The Bertz CT molecular complexity index is 1060. The maximum absolute atomic E-state index is 12.4. The highest BCUT2D eigenvalue weighted by Crippen LogP contribution is 2.24. The highest BCUT2D eigenvalue weighted by atomic mass is 79.9. The largest absolute Gasteiger partial charge is 0.457 e. The Balaban J connectivity index is 1.69. The smallest absolute Gasteiger partial charge is 0.255 e. The van der Waals surface area contributed by atoms with Crippen LogP contribution < -0.4 is 10.1 Å². The van der Waals surface area contributed by atoms with Crippen LogP contribution in [0.2, 0.25) is 0 Å². The summed E-state index contributed by atoms with van der Waals surface area (Å²) >= 11 is 3.37. The molecule has 1 amide bonds. The molecule has 0 aromatic heterocycles. The lowest BCUT2D eigenvalue weighted by atomic mass is 10.2. The maximum atomic E-state index is 12.4. The maximum Gasteiger partial charge on any atom is 0.255 e. The molecule has 3 aromatic carbocycles. The van der Waals surface area contributed by atoms with Gasteiger partial charge in [-0.1, -0.05) is 22.0 Å². The summed E-state index contributed by atoms with van der Waals surface area (Å²) in [5, 5.41) is 2.74. The summed E-state index contributed by atoms with van der Waals surface area (Å²) in [5.41, 5.74) is 0.848. The number of hydrogen-bond donors (Lipinski definition) is 1. The number of ether oxygens (including phenoxy) is 1. The van der Waals surface area contributed by atoms with Gasteiger partial charge >= 0.3 is 0 Å². The molecule has 7 heteroatoms. The molecule has 5 nitrogen and oxygen atoms in total. The highest BCUT2D eigenvalue weighted by Gasteiger charge is 2.12. The number of halogens is 1. The van der Waals surface area contributed by atoms with Crippen molar-refractivity contribution in [2.75, 3.05) is 11.6 Å². The van der Waals surface area contributed by atoms with Gasteiger partial charge in [0.25, 0.3) is 5.91 Å². The van der Waals surface area contributed by atoms with Gasteiger partial charge in [-0.25, -0.2) is 8.42 Å². The van der Waals surface area contributed by atoms with Crippen LogP contribution in [0.25, 0.3) is 0 Å². The van der Waals surface area contributed by atoms with E-state index in [-0.39, 0.29) is 16.4 Å². The van der Waals surface area contributed by atoms with E-state index in [1.807, 2.05) is 24.3 Å². The number of amides is 1. The first-order chi connectivity index (χ1) is 12.8. The third kappa shape index (κ3) is 5.18. The van der Waals surface area contributed by atoms with E-state index >= 15 is 0 Å². The van der Waals surface area contributed by atoms with Crippen molar-refractivity contribution in [3.8, 4) is 11.5 Å². The number of hydrogen-bond acceptors (Lipinski definition) is 4. The molecular formula is C20H16BrNO4S. The van der Waals surface area contributed by atoms with E-state index in [1.165, 1.54) is 12.1 Å². The third-order valence-electron chi connectivity index (χ3n) is 3.69. The normalized spacial score (nSPS) is 11.0. The van der Waals surface area contributed by atoms with E-state index in [2.05, 4.69) is 21.2 Å². The molecule has 0 bridgehead atoms. The van der Waals surface area contributed by atoms with Crippen LogP contribution in [-0.4, -0.2) is 20.6 Å². The summed E-state index contributed by atoms with van der Waals surface area (Å²) in [5.74, 6) is 0.948. The monoisotopic (exact) mass is 445 g/mol. The molecular weight excluding hydrogens is 430 g/mol. The standard InChI is InChI=1S/C20H16BrNO4S/c1-27(24,25)19-4-2-3-14(13-19)20(23)22-16-7-11-18(12-8-16)26-17-9-5-15(21)6-10-17/h2-13H,1H3,(H,22,23). The first-order valence-electron chi connectivity index (χ1n) is 7.96. The van der Waals surface area contributed by atoms with Crippen molar-refractivity contribution < 1.29 is 17.9 Å². The van der Waals surface area contributed by atoms with Gasteiger partial charge in [-0.05, 0) is 66.7 Å². The van der Waals surface area contributed by atoms with Gasteiger partial charge in [0.05, 0.1) is 4.90 Å². The molecule has 0 saturated heterocycles. The number of carbonyl (C=O) groups is 1. The van der Waals surface area contributed by atoms with Gasteiger partial charge in [0.1, 0.15) is 11.5 Å². The van der Waals surface area contributed by atoms with E-state index in [1.54, 1.807) is 36.4 Å². The summed E-state index contributed by atoms with van der Waals surface area (Å²) in [6.45, 7) is 0. The first-order valence-corrected chi connectivity index (χ1v) is 10.6. The molecule has 0 saturated carbocycles. The number of sulfone groups is 1. The van der Waals surface area contributed by atoms with Crippen LogP contribution in [0.4, 0.5) is 5.69 Å². The fraction of sp³-hybridized carbons (Fsp3) is 0.0500. The zero-order chi connectivity index (χ0) is 19.4. The third-order valence-corrected chi connectivity index (χ3v) is 5.32. The minimum atomic E-state index is -3.37. The second-order valence-corrected chi connectivity index (χ2v) is 8.77. The Morgan fingerprint density at radius 3 is 2.11 bits per heavy atom. The van der Waals surface area contributed by atoms with E-state index in [0.29, 0.717) is 17.2 Å². The molecule has 0 aliphatic rings. The molecule has 3 rings (SSSR count). The van der Waals surface area contributed by atoms with Crippen LogP contribution in [0.5, 0.6) is 11.5 Å². The van der Waals surface area contributed by atoms with Crippen molar-refractivity contribution in [2.45, 2.75) is 4.90 Å². The van der Waals surface area contributed by atoms with Crippen molar-refractivity contribution in [1.82, 2.24) is 0 Å². The Morgan fingerprint density at radius 1 is 0.926 bits per heavy atom. The van der Waals surface area contributed by atoms with Gasteiger partial charge in [-0.2, -0.15) is 0 Å². The van der Waals surface area contributed by atoms with Gasteiger partial charge in [-0.3, -0.25) is 4.79 Å². The van der Waals surface area contributed by atoms with Crippen molar-refractivity contribution >= 4 is 37.4 Å². The van der Waals surface area contributed by atoms with Crippen molar-refractivity contribution in [3.63, 3.8) is 0 Å². The van der Waals surface area contributed by atoms with Gasteiger partial charge < -0.3 is 10.1 Å². The number of carbonyl (C=O) groups excluding carboxylic acids is 1. The summed E-state index contributed by atoms with van der Waals surface area (Å²) in [7, 11) is -3.37. The van der Waals surface area contributed by atoms with Crippen LogP contribution in [-0.2, 0) is 9.84 Å². The van der Waals surface area contributed by atoms with Gasteiger partial charge in [0.15, 0.2) is 9.84 Å². The average molecular weight is 446 g/mol. The molecule has 0 aliphatic heterocycles. The lowest BCUT2D eigenvalue weighted by molar-refractivity contribution is 0.102. The lowest BCUT2D eigenvalue weighted by Crippen LogP contribution is -2.12. The molecule has 0 radical (unpaired) electrons. The molecule has 0 spiro atoms. The number of benzene rings is 3. The fourth-order valence-electron chi connectivity index (χ4n) is 2.32. The Morgan fingerprint density at radius 2 is 1.52 bits per heavy atom. The van der Waals surface area contributed by atoms with Crippen LogP contribution in [0, 0.1) is 0 Å². The molecule has 0 fully saturated rings. The van der Waals surface area contributed by atoms with Gasteiger partial charge in [-0.15, -0.1) is 0 Å². The van der Waals surface area contributed by atoms with Gasteiger partial charge in [0, 0.05) is 22.0 Å². The molecule has 1 N–H and O–H groups in total. The van der Waals surface area contributed by atoms with Crippen LogP contribution in [0.1, 0.15) is 10.4 Å². The quantitative estimate of drug-likeness (QED) is 0.606. The summed E-state index contributed by atoms with van der Waals surface area (Å²) in [6, 6.07) is 20.3. The molecule has 0 aliphatic carbocycles. The van der Waals surface area contributed by atoms with Crippen molar-refractivity contribution in [1.29, 1.82) is 0 Å². The number of rotatable bonds is 5. The van der Waals surface area contributed by atoms with Crippen molar-refractivity contribution in [2.24, 2.45) is 0 Å². The molecule has 0 heterocycles. The van der Waals surface area contributed by atoms with Crippen molar-refractivity contribution in [3.05, 3.63) is 82.8 Å². The average Bonchev–Trinajstić information content (AvgIpc) is 2.64. The van der Waals surface area contributed by atoms with E-state index in [4.69, 9.17) is 4.74 Å². The Kier molecular flexibility index (Phi) is 5.62. The molecule has 27 heavy (non-hydrogen) atoms. The van der Waals surface area contributed by atoms with E-state index in [9.17, 15) is 13.2 Å². The topological polar surface area (TPSA) is 72.5 Å². The predicted octanol–water partition coefficient (Wildman–Crippen LogP) is 4.90. The fourth-order valence-corrected chi connectivity index (χ4v) is 3.25. The number of nitrogens with one attached hydrogen (secondary N) is 1. The molecule has 0 atom stereocenters. The van der Waals surface area contributed by atoms with Crippen LogP contribution in [0.3, 0.4) is 0 Å². The van der Waals surface area contributed by atoms with Crippen LogP contribution in [0.15, 0.2) is 82.2 Å². The minimum absolute atomic E-state index is 0.105. The predicted molar refractivity (Wildman–Crippen MR) is 108 cm³/mol. The van der Waals surface area contributed by atoms with E-state index in [0.717, 1.165) is 10.7 Å². The summed E-state index contributed by atoms with van der Waals surface area (Å²) in [6.07, 6.45) is 1.11. The summed E-state index contributed by atoms with van der Waals surface area (Å²) in [4.78, 5) is 12.5. The number of anilines is 1. The minimum Gasteiger partial charge on any atom is -0.457 e. The molecule has 138 valence electrons. The molecule has 0 unspecified atom stereocenters. The second kappa shape index (κ2) is 7.94. The SMILES string of the molecule is CS(=O)(=O)c1cccc(C(=O)Nc2ccc(Oc3ccc(Br)cc3)cc2)c1. The Hall–Kier alpha value is -2.64. The second-order valence-electron chi connectivity index (χ2n) is 5.83. The van der Waals surface area contributed by atoms with Gasteiger partial charge in [0.2, 0.25) is 0 Å². The zero-order valence-electron chi connectivity index (χ0n) is 14.3.